The monoisotopic (exact) mass is 249 g/mol. The molecular weight excluding hydrogens is 222 g/mol. The number of rotatable bonds is 4. The van der Waals surface area contributed by atoms with E-state index in [1.165, 1.54) is 64.5 Å². The molecule has 1 unspecified atom stereocenters. The van der Waals surface area contributed by atoms with Gasteiger partial charge in [-0.25, -0.2) is 0 Å². The lowest BCUT2D eigenvalue weighted by molar-refractivity contribution is -0.163. The average molecular weight is 249 g/mol. The molecule has 4 saturated carbocycles. The summed E-state index contributed by atoms with van der Waals surface area (Å²) in [6.45, 7) is 3.48. The van der Waals surface area contributed by atoms with Crippen LogP contribution in [0.4, 0.5) is 0 Å². The highest BCUT2D eigenvalue weighted by Crippen LogP contribution is 2.57. The first-order chi connectivity index (χ1) is 8.81. The van der Waals surface area contributed by atoms with E-state index in [0.717, 1.165) is 30.3 Å². The molecule has 1 saturated heterocycles. The minimum absolute atomic E-state index is 0.334. The molecule has 0 aromatic heterocycles. The van der Waals surface area contributed by atoms with Gasteiger partial charge in [0.2, 0.25) is 0 Å². The molecule has 0 aromatic carbocycles. The number of ether oxygens (including phenoxy) is 1. The van der Waals surface area contributed by atoms with E-state index in [9.17, 15) is 0 Å². The molecule has 0 radical (unpaired) electrons. The number of hydrogen-bond acceptors (Lipinski definition) is 2. The molecule has 1 heterocycles. The Morgan fingerprint density at radius 2 is 1.67 bits per heavy atom. The smallest absolute Gasteiger partial charge is 0.0690 e. The maximum absolute atomic E-state index is 6.48. The Balaban J connectivity index is 1.33. The Bertz CT molecular complexity index is 273. The quantitative estimate of drug-likeness (QED) is 0.827. The summed E-state index contributed by atoms with van der Waals surface area (Å²) in [5.74, 6) is 3.94. The first-order valence-electron chi connectivity index (χ1n) is 8.16. The topological polar surface area (TPSA) is 21.3 Å². The largest absolute Gasteiger partial charge is 0.375 e. The van der Waals surface area contributed by atoms with E-state index in [4.69, 9.17) is 4.74 Å². The first-order valence-corrected chi connectivity index (χ1v) is 8.16. The van der Waals surface area contributed by atoms with Crippen molar-refractivity contribution >= 4 is 0 Å². The summed E-state index contributed by atoms with van der Waals surface area (Å²) < 4.78 is 6.48. The predicted octanol–water partition coefficient (Wildman–Crippen LogP) is 2.97. The fraction of sp³-hybridized carbons (Fsp3) is 1.00. The highest BCUT2D eigenvalue weighted by molar-refractivity contribution is 5.03. The van der Waals surface area contributed by atoms with E-state index in [1.54, 1.807) is 0 Å². The Kier molecular flexibility index (Phi) is 2.92. The highest BCUT2D eigenvalue weighted by Gasteiger charge is 2.51. The van der Waals surface area contributed by atoms with Crippen molar-refractivity contribution in [3.63, 3.8) is 0 Å². The van der Waals surface area contributed by atoms with Gasteiger partial charge in [0.05, 0.1) is 5.60 Å². The van der Waals surface area contributed by atoms with Gasteiger partial charge in [0, 0.05) is 6.61 Å². The molecule has 5 aliphatic rings. The zero-order valence-electron chi connectivity index (χ0n) is 11.5. The van der Waals surface area contributed by atoms with Crippen LogP contribution < -0.4 is 5.32 Å². The van der Waals surface area contributed by atoms with Crippen molar-refractivity contribution in [3.05, 3.63) is 0 Å². The lowest BCUT2D eigenvalue weighted by Crippen LogP contribution is -2.52. The van der Waals surface area contributed by atoms with Crippen molar-refractivity contribution in [1.29, 1.82) is 0 Å². The molecule has 1 N–H and O–H groups in total. The molecule has 0 spiro atoms. The van der Waals surface area contributed by atoms with Gasteiger partial charge in [-0.15, -0.1) is 0 Å². The summed E-state index contributed by atoms with van der Waals surface area (Å²) in [5, 5.41) is 3.46. The average Bonchev–Trinajstić information content (AvgIpc) is 2.79. The molecule has 18 heavy (non-hydrogen) atoms. The molecule has 4 bridgehead atoms. The Morgan fingerprint density at radius 3 is 2.22 bits per heavy atom. The lowest BCUT2D eigenvalue weighted by atomic mass is 9.54. The summed E-state index contributed by atoms with van der Waals surface area (Å²) in [7, 11) is 0. The Labute approximate surface area is 111 Å². The van der Waals surface area contributed by atoms with Crippen LogP contribution in [-0.4, -0.2) is 25.3 Å². The van der Waals surface area contributed by atoms with E-state index in [2.05, 4.69) is 5.32 Å². The van der Waals surface area contributed by atoms with Crippen molar-refractivity contribution in [1.82, 2.24) is 5.32 Å². The third-order valence-corrected chi connectivity index (χ3v) is 6.08. The van der Waals surface area contributed by atoms with Gasteiger partial charge in [0.1, 0.15) is 0 Å². The summed E-state index contributed by atoms with van der Waals surface area (Å²) in [4.78, 5) is 0. The first kappa shape index (κ1) is 11.7. The molecule has 1 aliphatic heterocycles. The van der Waals surface area contributed by atoms with Gasteiger partial charge >= 0.3 is 0 Å². The van der Waals surface area contributed by atoms with Crippen molar-refractivity contribution < 1.29 is 4.74 Å². The number of hydrogen-bond donors (Lipinski definition) is 1. The summed E-state index contributed by atoms with van der Waals surface area (Å²) in [6, 6.07) is 0. The molecule has 2 nitrogen and oxygen atoms in total. The zero-order valence-corrected chi connectivity index (χ0v) is 11.5. The minimum atomic E-state index is 0.334. The lowest BCUT2D eigenvalue weighted by Gasteiger charge is -2.56. The van der Waals surface area contributed by atoms with Crippen LogP contribution in [0.5, 0.6) is 0 Å². The number of nitrogens with one attached hydrogen (secondary N) is 1. The van der Waals surface area contributed by atoms with Crippen LogP contribution in [0.15, 0.2) is 0 Å². The summed E-state index contributed by atoms with van der Waals surface area (Å²) in [6.07, 6.45) is 11.4. The van der Waals surface area contributed by atoms with Crippen molar-refractivity contribution in [2.24, 2.45) is 23.7 Å². The molecule has 5 rings (SSSR count). The van der Waals surface area contributed by atoms with Gasteiger partial charge < -0.3 is 10.1 Å². The second-order valence-corrected chi connectivity index (χ2v) is 7.60. The molecule has 0 aromatic rings. The van der Waals surface area contributed by atoms with E-state index >= 15 is 0 Å². The fourth-order valence-electron chi connectivity index (χ4n) is 5.61. The van der Waals surface area contributed by atoms with Crippen molar-refractivity contribution in [3.8, 4) is 0 Å². The second kappa shape index (κ2) is 4.49. The van der Waals surface area contributed by atoms with Gasteiger partial charge in [-0.05, 0) is 88.1 Å². The van der Waals surface area contributed by atoms with E-state index in [-0.39, 0.29) is 0 Å². The SMILES string of the molecule is C1CC(CCOC23CC4CC(CC(C4)C2)C3)CN1. The van der Waals surface area contributed by atoms with Crippen LogP contribution in [0.1, 0.15) is 51.4 Å². The zero-order chi connectivity index (χ0) is 12.0. The molecule has 4 aliphatic carbocycles. The fourth-order valence-corrected chi connectivity index (χ4v) is 5.61. The van der Waals surface area contributed by atoms with Crippen molar-refractivity contribution in [2.75, 3.05) is 19.7 Å². The van der Waals surface area contributed by atoms with Crippen LogP contribution in [-0.2, 0) is 4.74 Å². The van der Waals surface area contributed by atoms with Gasteiger partial charge in [-0.3, -0.25) is 0 Å². The highest BCUT2D eigenvalue weighted by atomic mass is 16.5. The maximum Gasteiger partial charge on any atom is 0.0690 e. The third kappa shape index (κ3) is 2.12. The molecule has 1 atom stereocenters. The molecule has 102 valence electrons. The van der Waals surface area contributed by atoms with Crippen LogP contribution in [0, 0.1) is 23.7 Å². The van der Waals surface area contributed by atoms with Crippen LogP contribution in [0.25, 0.3) is 0 Å². The van der Waals surface area contributed by atoms with Gasteiger partial charge in [0.25, 0.3) is 0 Å². The normalized spacial score (nSPS) is 50.0. The van der Waals surface area contributed by atoms with Crippen LogP contribution in [0.3, 0.4) is 0 Å². The van der Waals surface area contributed by atoms with E-state index in [0.29, 0.717) is 5.60 Å². The van der Waals surface area contributed by atoms with E-state index < -0.39 is 0 Å². The van der Waals surface area contributed by atoms with Gasteiger partial charge in [-0.1, -0.05) is 0 Å². The van der Waals surface area contributed by atoms with Crippen molar-refractivity contribution in [2.45, 2.75) is 57.0 Å². The third-order valence-electron chi connectivity index (χ3n) is 6.08. The van der Waals surface area contributed by atoms with Crippen LogP contribution in [0.2, 0.25) is 0 Å². The maximum atomic E-state index is 6.48. The van der Waals surface area contributed by atoms with Gasteiger partial charge in [-0.2, -0.15) is 0 Å². The van der Waals surface area contributed by atoms with Gasteiger partial charge in [0.15, 0.2) is 0 Å². The predicted molar refractivity (Wildman–Crippen MR) is 72.4 cm³/mol. The molecule has 0 amide bonds. The molecule has 5 fully saturated rings. The minimum Gasteiger partial charge on any atom is -0.375 e. The summed E-state index contributed by atoms with van der Waals surface area (Å²) in [5.41, 5.74) is 0.334. The summed E-state index contributed by atoms with van der Waals surface area (Å²) >= 11 is 0. The molecule has 2 heteroatoms. The van der Waals surface area contributed by atoms with Crippen LogP contribution >= 0.6 is 0 Å². The standard InChI is InChI=1S/C16H27NO/c1-3-17-11-12(1)2-4-18-16-8-13-5-14(9-16)7-15(6-13)10-16/h12-15,17H,1-11H2. The molecular formula is C16H27NO. The second-order valence-electron chi connectivity index (χ2n) is 7.60. The van der Waals surface area contributed by atoms with E-state index in [1.807, 2.05) is 0 Å². The Morgan fingerprint density at radius 1 is 1.00 bits per heavy atom. The Hall–Kier alpha value is -0.0800.